The molecule has 1 aliphatic heterocycles. The maximum Gasteiger partial charge on any atom is 0.330 e. The van der Waals surface area contributed by atoms with Crippen molar-refractivity contribution in [1.29, 1.82) is 0 Å². The number of aliphatic hydroxyl groups is 1. The number of aryl methyl sites for hydroxylation is 1. The maximum absolute atomic E-state index is 11.9. The van der Waals surface area contributed by atoms with E-state index in [0.717, 1.165) is 0 Å². The summed E-state index contributed by atoms with van der Waals surface area (Å²) in [6, 6.07) is 0. The van der Waals surface area contributed by atoms with E-state index in [9.17, 15) is 19.5 Å². The Bertz CT molecular complexity index is 663. The Morgan fingerprint density at radius 1 is 1.62 bits per heavy atom. The summed E-state index contributed by atoms with van der Waals surface area (Å²) >= 11 is 0. The summed E-state index contributed by atoms with van der Waals surface area (Å²) in [6.45, 7) is 2.80. The lowest BCUT2D eigenvalue weighted by molar-refractivity contribution is -0.156. The first kappa shape index (κ1) is 15.5. The minimum atomic E-state index is -1.06. The van der Waals surface area contributed by atoms with Crippen molar-refractivity contribution >= 4 is 5.97 Å². The fourth-order valence-corrected chi connectivity index (χ4v) is 2.54. The van der Waals surface area contributed by atoms with Crippen molar-refractivity contribution in [2.75, 3.05) is 13.7 Å². The molecule has 0 aliphatic carbocycles. The predicted octanol–water partition coefficient (Wildman–Crippen LogP) is -0.696. The zero-order valence-corrected chi connectivity index (χ0v) is 12.1. The van der Waals surface area contributed by atoms with E-state index < -0.39 is 35.0 Å². The van der Waals surface area contributed by atoms with Crippen LogP contribution >= 0.6 is 0 Å². The Morgan fingerprint density at radius 2 is 2.29 bits per heavy atom. The molecule has 0 saturated carbocycles. The highest BCUT2D eigenvalue weighted by Gasteiger charge is 2.52. The van der Waals surface area contributed by atoms with Gasteiger partial charge in [-0.3, -0.25) is 19.1 Å². The fraction of sp³-hybridized carbons (Fsp3) is 0.615. The Kier molecular flexibility index (Phi) is 4.02. The number of nitrogens with zero attached hydrogens (tertiary/aromatic N) is 1. The van der Waals surface area contributed by atoms with Crippen LogP contribution in [0, 0.1) is 12.3 Å². The van der Waals surface area contributed by atoms with Crippen LogP contribution in [0.3, 0.4) is 0 Å². The number of hydrogen-bond acceptors (Lipinski definition) is 6. The number of aliphatic hydroxyl groups excluding tert-OH is 1. The lowest BCUT2D eigenvalue weighted by Gasteiger charge is -2.24. The molecular weight excluding hydrogens is 280 g/mol. The number of methoxy groups -OCH3 is 1. The van der Waals surface area contributed by atoms with E-state index in [4.69, 9.17) is 9.47 Å². The van der Waals surface area contributed by atoms with Gasteiger partial charge in [-0.15, -0.1) is 0 Å². The number of aromatic amines is 1. The lowest BCUT2D eigenvalue weighted by atomic mass is 9.83. The molecule has 2 rings (SSSR count). The number of hydrogen-bond donors (Lipinski definition) is 2. The van der Waals surface area contributed by atoms with Crippen molar-refractivity contribution in [3.8, 4) is 0 Å². The number of carbonyl (C=O) groups excluding carboxylic acids is 1. The van der Waals surface area contributed by atoms with E-state index in [2.05, 4.69) is 4.98 Å². The third-order valence-corrected chi connectivity index (χ3v) is 3.90. The summed E-state index contributed by atoms with van der Waals surface area (Å²) in [7, 11) is 1.26. The zero-order valence-electron chi connectivity index (χ0n) is 12.1. The van der Waals surface area contributed by atoms with Crippen LogP contribution in [-0.4, -0.2) is 40.4 Å². The summed E-state index contributed by atoms with van der Waals surface area (Å²) in [5, 5.41) is 9.40. The predicted molar refractivity (Wildman–Crippen MR) is 71.8 cm³/mol. The van der Waals surface area contributed by atoms with Crippen molar-refractivity contribution < 1.29 is 19.4 Å². The maximum atomic E-state index is 11.9. The number of nitrogens with one attached hydrogen (secondary N) is 1. The van der Waals surface area contributed by atoms with Gasteiger partial charge in [0.1, 0.15) is 6.23 Å². The molecule has 1 saturated heterocycles. The van der Waals surface area contributed by atoms with E-state index >= 15 is 0 Å². The summed E-state index contributed by atoms with van der Waals surface area (Å²) in [6.07, 6.45) is 0.00271. The molecule has 0 bridgehead atoms. The summed E-state index contributed by atoms with van der Waals surface area (Å²) in [5.74, 6) is -0.516. The molecule has 2 N–H and O–H groups in total. The third-order valence-electron chi connectivity index (χ3n) is 3.90. The molecule has 2 heterocycles. The van der Waals surface area contributed by atoms with Gasteiger partial charge in [-0.2, -0.15) is 0 Å². The first-order valence-electron chi connectivity index (χ1n) is 6.50. The van der Waals surface area contributed by atoms with E-state index in [1.807, 2.05) is 0 Å². The normalized spacial score (nSPS) is 28.6. The first-order valence-corrected chi connectivity index (χ1v) is 6.50. The van der Waals surface area contributed by atoms with Crippen molar-refractivity contribution in [2.24, 2.45) is 5.41 Å². The second-order valence-corrected chi connectivity index (χ2v) is 5.35. The molecular formula is C13H18N2O6. The molecule has 0 aromatic carbocycles. The number of rotatable bonds is 3. The van der Waals surface area contributed by atoms with Crippen molar-refractivity contribution in [2.45, 2.75) is 32.6 Å². The number of H-pyrrole nitrogens is 1. The van der Waals surface area contributed by atoms with Crippen molar-refractivity contribution in [3.05, 3.63) is 32.6 Å². The second-order valence-electron chi connectivity index (χ2n) is 5.35. The Balaban J connectivity index is 2.41. The molecule has 116 valence electrons. The van der Waals surface area contributed by atoms with Crippen LogP contribution in [-0.2, 0) is 14.3 Å². The van der Waals surface area contributed by atoms with E-state index in [0.29, 0.717) is 5.56 Å². The summed E-state index contributed by atoms with van der Waals surface area (Å²) in [4.78, 5) is 37.4. The standard InChI is InChI=1S/C13H18N2O6/c1-7-5-15(12(19)14-10(7)17)9-4-13(2,11(18)20-3)8(6-16)21-9/h5,8-9,16H,4,6H2,1-3H3,(H,14,17,19)/t8-,9-,13?/m1/s1. The van der Waals surface area contributed by atoms with Crippen LogP contribution in [0.2, 0.25) is 0 Å². The highest BCUT2D eigenvalue weighted by molar-refractivity contribution is 5.77. The molecule has 21 heavy (non-hydrogen) atoms. The van der Waals surface area contributed by atoms with Gasteiger partial charge in [0.2, 0.25) is 0 Å². The highest BCUT2D eigenvalue weighted by Crippen LogP contribution is 2.43. The van der Waals surface area contributed by atoms with Crippen molar-refractivity contribution in [1.82, 2.24) is 9.55 Å². The Morgan fingerprint density at radius 3 is 2.86 bits per heavy atom. The molecule has 1 aromatic heterocycles. The molecule has 1 aliphatic rings. The summed E-state index contributed by atoms with van der Waals surface area (Å²) in [5.41, 5.74) is -1.80. The minimum Gasteiger partial charge on any atom is -0.469 e. The van der Waals surface area contributed by atoms with Crippen LogP contribution in [0.25, 0.3) is 0 Å². The number of aromatic nitrogens is 2. The monoisotopic (exact) mass is 298 g/mol. The second kappa shape index (κ2) is 5.45. The minimum absolute atomic E-state index is 0.163. The van der Waals surface area contributed by atoms with E-state index in [-0.39, 0.29) is 13.0 Å². The van der Waals surface area contributed by atoms with Gasteiger partial charge in [-0.25, -0.2) is 4.79 Å². The van der Waals surface area contributed by atoms with Crippen LogP contribution in [0.1, 0.15) is 25.1 Å². The highest BCUT2D eigenvalue weighted by atomic mass is 16.5. The van der Waals surface area contributed by atoms with Gasteiger partial charge in [0.25, 0.3) is 5.56 Å². The molecule has 3 atom stereocenters. The first-order chi connectivity index (χ1) is 9.83. The SMILES string of the molecule is COC(=O)C1(C)C[C@H](n2cc(C)c(=O)[nH]c2=O)O[C@@H]1CO. The average molecular weight is 298 g/mol. The Hall–Kier alpha value is -1.93. The summed E-state index contributed by atoms with van der Waals surface area (Å²) < 4.78 is 11.6. The van der Waals surface area contributed by atoms with Gasteiger partial charge < -0.3 is 14.6 Å². The van der Waals surface area contributed by atoms with Crippen LogP contribution in [0.5, 0.6) is 0 Å². The topological polar surface area (TPSA) is 111 Å². The quantitative estimate of drug-likeness (QED) is 0.714. The van der Waals surface area contributed by atoms with Crippen LogP contribution in [0.15, 0.2) is 15.8 Å². The van der Waals surface area contributed by atoms with Crippen LogP contribution < -0.4 is 11.2 Å². The molecule has 0 spiro atoms. The molecule has 0 radical (unpaired) electrons. The number of carbonyl (C=O) groups is 1. The molecule has 1 aromatic rings. The van der Waals surface area contributed by atoms with Crippen molar-refractivity contribution in [3.63, 3.8) is 0 Å². The Labute approximate surface area is 120 Å². The smallest absolute Gasteiger partial charge is 0.330 e. The average Bonchev–Trinajstić information content (AvgIpc) is 2.80. The number of ether oxygens (including phenoxy) is 2. The van der Waals surface area contributed by atoms with Gasteiger partial charge in [-0.1, -0.05) is 0 Å². The van der Waals surface area contributed by atoms with Gasteiger partial charge in [-0.05, 0) is 13.8 Å². The largest absolute Gasteiger partial charge is 0.469 e. The van der Waals surface area contributed by atoms with Gasteiger partial charge in [0, 0.05) is 18.2 Å². The lowest BCUT2D eigenvalue weighted by Crippen LogP contribution is -2.39. The number of esters is 1. The molecule has 0 amide bonds. The molecule has 8 heteroatoms. The third kappa shape index (κ3) is 2.52. The van der Waals surface area contributed by atoms with Gasteiger partial charge in [0.15, 0.2) is 0 Å². The van der Waals surface area contributed by atoms with E-state index in [1.165, 1.54) is 17.9 Å². The molecule has 1 fully saturated rings. The zero-order chi connectivity index (χ0) is 15.8. The van der Waals surface area contributed by atoms with Gasteiger partial charge in [0.05, 0.1) is 25.2 Å². The van der Waals surface area contributed by atoms with E-state index in [1.54, 1.807) is 13.8 Å². The van der Waals surface area contributed by atoms with Gasteiger partial charge >= 0.3 is 11.7 Å². The molecule has 8 nitrogen and oxygen atoms in total. The van der Waals surface area contributed by atoms with Crippen LogP contribution in [0.4, 0.5) is 0 Å². The fourth-order valence-electron chi connectivity index (χ4n) is 2.54. The molecule has 1 unspecified atom stereocenters.